The molecule has 7 heteroatoms. The molecule has 0 unspecified atom stereocenters. The number of hydrogen-bond donors (Lipinski definition) is 2. The van der Waals surface area contributed by atoms with Gasteiger partial charge in [-0.3, -0.25) is 4.79 Å². The van der Waals surface area contributed by atoms with Crippen molar-refractivity contribution < 1.29 is 19.1 Å². The first kappa shape index (κ1) is 20.5. The third kappa shape index (κ3) is 7.69. The zero-order chi connectivity index (χ0) is 19.0. The molecule has 0 saturated carbocycles. The van der Waals surface area contributed by atoms with Crippen molar-refractivity contribution in [1.29, 1.82) is 0 Å². The fraction of sp³-hybridized carbons (Fsp3) is 0.500. The molecule has 7 nitrogen and oxygen atoms in total. The summed E-state index contributed by atoms with van der Waals surface area (Å²) in [5.74, 6) is -0.122. The van der Waals surface area contributed by atoms with E-state index in [4.69, 9.17) is 10.5 Å². The van der Waals surface area contributed by atoms with E-state index in [-0.39, 0.29) is 12.5 Å². The fourth-order valence-electron chi connectivity index (χ4n) is 2.29. The predicted molar refractivity (Wildman–Crippen MR) is 96.2 cm³/mol. The second-order valence-corrected chi connectivity index (χ2v) is 6.73. The quantitative estimate of drug-likeness (QED) is 0.704. The Labute approximate surface area is 148 Å². The molecule has 0 radical (unpaired) electrons. The molecule has 0 fully saturated rings. The van der Waals surface area contributed by atoms with E-state index in [9.17, 15) is 14.4 Å². The third-order valence-corrected chi connectivity index (χ3v) is 3.24. The first-order valence-corrected chi connectivity index (χ1v) is 8.30. The Kier molecular flexibility index (Phi) is 7.91. The topological polar surface area (TPSA) is 102 Å². The van der Waals surface area contributed by atoms with Gasteiger partial charge in [-0.2, -0.15) is 0 Å². The van der Waals surface area contributed by atoms with Gasteiger partial charge < -0.3 is 20.7 Å². The maximum atomic E-state index is 12.3. The number of carbonyl (C=O) groups is 3. The zero-order valence-electron chi connectivity index (χ0n) is 15.2. The molecule has 0 heterocycles. The number of nitrogens with zero attached hydrogens (tertiary/aromatic N) is 1. The molecular formula is C18H27N3O4. The number of hydrogen-bond acceptors (Lipinski definition) is 4. The van der Waals surface area contributed by atoms with Gasteiger partial charge in [-0.1, -0.05) is 27.7 Å². The molecule has 0 aliphatic carbocycles. The summed E-state index contributed by atoms with van der Waals surface area (Å²) >= 11 is 0. The van der Waals surface area contributed by atoms with Crippen LogP contribution in [0, 0.1) is 11.8 Å². The molecule has 3 amide bonds. The van der Waals surface area contributed by atoms with Gasteiger partial charge in [-0.15, -0.1) is 0 Å². The number of anilines is 1. The maximum Gasteiger partial charge on any atom is 0.338 e. The highest BCUT2D eigenvalue weighted by Crippen LogP contribution is 2.11. The minimum absolute atomic E-state index is 0.206. The van der Waals surface area contributed by atoms with Crippen LogP contribution in [0.25, 0.3) is 0 Å². The van der Waals surface area contributed by atoms with Crippen LogP contribution in [0.5, 0.6) is 0 Å². The molecule has 138 valence electrons. The highest BCUT2D eigenvalue weighted by atomic mass is 16.5. The summed E-state index contributed by atoms with van der Waals surface area (Å²) in [5.41, 5.74) is 5.78. The van der Waals surface area contributed by atoms with Crippen molar-refractivity contribution >= 4 is 23.6 Å². The monoisotopic (exact) mass is 349 g/mol. The molecular weight excluding hydrogens is 322 g/mol. The lowest BCUT2D eigenvalue weighted by molar-refractivity contribution is -0.135. The van der Waals surface area contributed by atoms with Crippen LogP contribution < -0.4 is 11.1 Å². The number of nitrogens with one attached hydrogen (secondary N) is 1. The Morgan fingerprint density at radius 2 is 1.56 bits per heavy atom. The van der Waals surface area contributed by atoms with E-state index in [1.54, 1.807) is 4.90 Å². The van der Waals surface area contributed by atoms with E-state index < -0.39 is 12.0 Å². The number of amides is 3. The van der Waals surface area contributed by atoms with E-state index >= 15 is 0 Å². The summed E-state index contributed by atoms with van der Waals surface area (Å²) in [4.78, 5) is 36.8. The number of urea groups is 1. The molecule has 1 aromatic carbocycles. The van der Waals surface area contributed by atoms with Gasteiger partial charge in [-0.25, -0.2) is 9.59 Å². The summed E-state index contributed by atoms with van der Waals surface area (Å²) in [6.45, 7) is 9.11. The minimum Gasteiger partial charge on any atom is -0.452 e. The summed E-state index contributed by atoms with van der Waals surface area (Å²) in [5, 5.41) is 2.40. The van der Waals surface area contributed by atoms with E-state index in [0.717, 1.165) is 0 Å². The summed E-state index contributed by atoms with van der Waals surface area (Å²) in [6.07, 6.45) is 0. The van der Waals surface area contributed by atoms with E-state index in [2.05, 4.69) is 5.32 Å². The molecule has 0 aromatic heterocycles. The average Bonchev–Trinajstić information content (AvgIpc) is 2.50. The largest absolute Gasteiger partial charge is 0.452 e. The standard InChI is InChI=1S/C18H27N3O4/c1-12(2)9-21(10-13(3)4)16(22)11-25-17(23)14-5-7-15(8-6-14)20-18(19)24/h5-8,12-13H,9-11H2,1-4H3,(H3,19,20,24). The lowest BCUT2D eigenvalue weighted by Gasteiger charge is -2.26. The van der Waals surface area contributed by atoms with Gasteiger partial charge in [-0.05, 0) is 36.1 Å². The number of carbonyl (C=O) groups excluding carboxylic acids is 3. The lowest BCUT2D eigenvalue weighted by atomic mass is 10.1. The van der Waals surface area contributed by atoms with Crippen LogP contribution in [-0.2, 0) is 9.53 Å². The molecule has 1 aromatic rings. The fourth-order valence-corrected chi connectivity index (χ4v) is 2.29. The summed E-state index contributed by atoms with van der Waals surface area (Å²) < 4.78 is 5.11. The Bertz CT molecular complexity index is 587. The first-order valence-electron chi connectivity index (χ1n) is 8.30. The Balaban J connectivity index is 2.61. The summed E-state index contributed by atoms with van der Waals surface area (Å²) in [6, 6.07) is 5.38. The van der Waals surface area contributed by atoms with Crippen LogP contribution in [0.15, 0.2) is 24.3 Å². The van der Waals surface area contributed by atoms with Crippen molar-refractivity contribution in [1.82, 2.24) is 4.90 Å². The van der Waals surface area contributed by atoms with Gasteiger partial charge in [0.05, 0.1) is 5.56 Å². The van der Waals surface area contributed by atoms with Crippen molar-refractivity contribution in [3.05, 3.63) is 29.8 Å². The third-order valence-electron chi connectivity index (χ3n) is 3.24. The first-order chi connectivity index (χ1) is 11.7. The molecule has 0 aliphatic heterocycles. The number of primary amides is 1. The zero-order valence-corrected chi connectivity index (χ0v) is 15.2. The molecule has 0 spiro atoms. The molecule has 0 atom stereocenters. The van der Waals surface area contributed by atoms with Crippen LogP contribution in [-0.4, -0.2) is 42.5 Å². The molecule has 0 saturated heterocycles. The van der Waals surface area contributed by atoms with Crippen LogP contribution in [0.4, 0.5) is 10.5 Å². The van der Waals surface area contributed by atoms with Crippen molar-refractivity contribution in [2.75, 3.05) is 25.0 Å². The number of ether oxygens (including phenoxy) is 1. The van der Waals surface area contributed by atoms with Gasteiger partial charge in [0.25, 0.3) is 5.91 Å². The molecule has 1 rings (SSSR count). The van der Waals surface area contributed by atoms with Gasteiger partial charge >= 0.3 is 12.0 Å². The van der Waals surface area contributed by atoms with Crippen molar-refractivity contribution in [3.8, 4) is 0 Å². The van der Waals surface area contributed by atoms with Crippen molar-refractivity contribution in [2.45, 2.75) is 27.7 Å². The van der Waals surface area contributed by atoms with Gasteiger partial charge in [0.1, 0.15) is 0 Å². The van der Waals surface area contributed by atoms with Gasteiger partial charge in [0, 0.05) is 18.8 Å². The minimum atomic E-state index is -0.684. The number of esters is 1. The highest BCUT2D eigenvalue weighted by Gasteiger charge is 2.18. The number of rotatable bonds is 8. The van der Waals surface area contributed by atoms with Crippen molar-refractivity contribution in [3.63, 3.8) is 0 Å². The number of nitrogens with two attached hydrogens (primary N) is 1. The predicted octanol–water partition coefficient (Wildman–Crippen LogP) is 2.47. The average molecular weight is 349 g/mol. The SMILES string of the molecule is CC(C)CN(CC(C)C)C(=O)COC(=O)c1ccc(NC(N)=O)cc1. The normalized spacial score (nSPS) is 10.6. The lowest BCUT2D eigenvalue weighted by Crippen LogP contribution is -2.39. The van der Waals surface area contributed by atoms with Crippen LogP contribution >= 0.6 is 0 Å². The van der Waals surface area contributed by atoms with Crippen LogP contribution in [0.2, 0.25) is 0 Å². The van der Waals surface area contributed by atoms with Gasteiger partial charge in [0.15, 0.2) is 6.61 Å². The van der Waals surface area contributed by atoms with Crippen molar-refractivity contribution in [2.24, 2.45) is 17.6 Å². The van der Waals surface area contributed by atoms with Gasteiger partial charge in [0.2, 0.25) is 0 Å². The maximum absolute atomic E-state index is 12.3. The smallest absolute Gasteiger partial charge is 0.338 e. The number of benzene rings is 1. The Morgan fingerprint density at radius 1 is 1.04 bits per heavy atom. The van der Waals surface area contributed by atoms with Crippen LogP contribution in [0.3, 0.4) is 0 Å². The second-order valence-electron chi connectivity index (χ2n) is 6.73. The molecule has 3 N–H and O–H groups in total. The molecule has 25 heavy (non-hydrogen) atoms. The van der Waals surface area contributed by atoms with E-state index in [1.165, 1.54) is 24.3 Å². The Hall–Kier alpha value is -2.57. The molecule has 0 bridgehead atoms. The second kappa shape index (κ2) is 9.66. The Morgan fingerprint density at radius 3 is 2.00 bits per heavy atom. The van der Waals surface area contributed by atoms with E-state index in [0.29, 0.717) is 36.2 Å². The molecule has 0 aliphatic rings. The van der Waals surface area contributed by atoms with Crippen LogP contribution in [0.1, 0.15) is 38.1 Å². The summed E-state index contributed by atoms with van der Waals surface area (Å²) in [7, 11) is 0. The van der Waals surface area contributed by atoms with E-state index in [1.807, 2.05) is 27.7 Å². The highest BCUT2D eigenvalue weighted by molar-refractivity contribution is 5.93.